The number of halogens is 1. The van der Waals surface area contributed by atoms with Gasteiger partial charge in [0, 0.05) is 12.0 Å². The number of nitrogens with two attached hydrogens (primary N) is 1. The van der Waals surface area contributed by atoms with Crippen molar-refractivity contribution in [3.8, 4) is 11.1 Å². The lowest BCUT2D eigenvalue weighted by atomic mass is 9.88. The Labute approximate surface area is 166 Å². The number of nitrogen functional groups attached to an aromatic ring is 1. The van der Waals surface area contributed by atoms with Crippen molar-refractivity contribution in [3.63, 3.8) is 0 Å². The summed E-state index contributed by atoms with van der Waals surface area (Å²) in [6, 6.07) is 13.6. The Morgan fingerprint density at radius 2 is 1.96 bits per heavy atom. The lowest BCUT2D eigenvalue weighted by Crippen LogP contribution is -2.39. The topological polar surface area (TPSA) is 103 Å². The van der Waals surface area contributed by atoms with Crippen LogP contribution in [0.25, 0.3) is 11.1 Å². The Balaban J connectivity index is 1.59. The van der Waals surface area contributed by atoms with Crippen molar-refractivity contribution in [1.82, 2.24) is 20.1 Å². The van der Waals surface area contributed by atoms with Crippen molar-refractivity contribution in [2.45, 2.75) is 25.3 Å². The average Bonchev–Trinajstić information content (AvgIpc) is 3.08. The van der Waals surface area contributed by atoms with Gasteiger partial charge in [0.2, 0.25) is 17.8 Å². The number of imide groups is 1. The lowest BCUT2D eigenvalue weighted by Gasteiger charge is -2.23. The van der Waals surface area contributed by atoms with Crippen LogP contribution < -0.4 is 11.1 Å². The van der Waals surface area contributed by atoms with Crippen molar-refractivity contribution < 1.29 is 9.59 Å². The molecule has 142 valence electrons. The van der Waals surface area contributed by atoms with Crippen LogP contribution in [0.3, 0.4) is 0 Å². The van der Waals surface area contributed by atoms with Crippen LogP contribution in [0.5, 0.6) is 0 Å². The van der Waals surface area contributed by atoms with E-state index in [0.717, 1.165) is 22.3 Å². The van der Waals surface area contributed by atoms with Crippen LogP contribution in [0, 0.1) is 0 Å². The zero-order chi connectivity index (χ0) is 19.7. The fourth-order valence-electron chi connectivity index (χ4n) is 3.39. The van der Waals surface area contributed by atoms with Gasteiger partial charge in [-0.2, -0.15) is 0 Å². The number of aromatic nitrogens is 3. The van der Waals surface area contributed by atoms with Gasteiger partial charge in [0.25, 0.3) is 0 Å². The van der Waals surface area contributed by atoms with Gasteiger partial charge in [0.15, 0.2) is 0 Å². The van der Waals surface area contributed by atoms with Crippen molar-refractivity contribution >= 4 is 29.4 Å². The molecule has 8 heteroatoms. The molecule has 0 bridgehead atoms. The molecule has 0 saturated carbocycles. The number of amides is 2. The molecule has 3 aromatic rings. The molecule has 1 aliphatic heterocycles. The summed E-state index contributed by atoms with van der Waals surface area (Å²) in [5.41, 5.74) is 9.12. The highest BCUT2D eigenvalue weighted by atomic mass is 35.5. The number of anilines is 1. The van der Waals surface area contributed by atoms with Crippen LogP contribution in [0.4, 0.5) is 5.95 Å². The first kappa shape index (κ1) is 18.2. The summed E-state index contributed by atoms with van der Waals surface area (Å²) in [5.74, 6) is -0.702. The first-order valence-corrected chi connectivity index (χ1v) is 9.25. The first-order chi connectivity index (χ1) is 13.5. The van der Waals surface area contributed by atoms with Gasteiger partial charge >= 0.3 is 0 Å². The molecule has 7 nitrogen and oxygen atoms in total. The molecule has 2 aromatic carbocycles. The van der Waals surface area contributed by atoms with Crippen LogP contribution in [-0.2, 0) is 16.1 Å². The average molecular weight is 396 g/mol. The van der Waals surface area contributed by atoms with Crippen molar-refractivity contribution in [2.24, 2.45) is 0 Å². The molecule has 2 heterocycles. The number of nitrogens with zero attached hydrogens (tertiary/aromatic N) is 3. The molecule has 0 radical (unpaired) electrons. The van der Waals surface area contributed by atoms with E-state index >= 15 is 0 Å². The molecule has 0 unspecified atom stereocenters. The Kier molecular flexibility index (Phi) is 4.83. The highest BCUT2D eigenvalue weighted by Crippen LogP contribution is 2.37. The maximum absolute atomic E-state index is 12.2. The third-order valence-electron chi connectivity index (χ3n) is 4.81. The third kappa shape index (κ3) is 3.61. The van der Waals surface area contributed by atoms with Crippen LogP contribution in [0.1, 0.15) is 29.9 Å². The normalized spacial score (nSPS) is 16.8. The number of benzene rings is 2. The van der Waals surface area contributed by atoms with E-state index in [-0.39, 0.29) is 17.8 Å². The van der Waals surface area contributed by atoms with E-state index in [1.807, 2.05) is 42.5 Å². The maximum Gasteiger partial charge on any atom is 0.239 e. The minimum absolute atomic E-state index is 0.238. The van der Waals surface area contributed by atoms with Gasteiger partial charge in [-0.1, -0.05) is 54.1 Å². The zero-order valence-corrected chi connectivity index (χ0v) is 15.7. The second kappa shape index (κ2) is 7.44. The molecule has 1 atom stereocenters. The van der Waals surface area contributed by atoms with Crippen LogP contribution in [0.15, 0.2) is 48.8 Å². The summed E-state index contributed by atoms with van der Waals surface area (Å²) in [6.07, 6.45) is 2.37. The Bertz CT molecular complexity index is 1050. The summed E-state index contributed by atoms with van der Waals surface area (Å²) in [5, 5.41) is 7.00. The van der Waals surface area contributed by atoms with Crippen LogP contribution in [0.2, 0.25) is 5.02 Å². The molecule has 0 spiro atoms. The molecular weight excluding hydrogens is 378 g/mol. The molecule has 2 amide bonds. The van der Waals surface area contributed by atoms with Gasteiger partial charge in [-0.15, -0.1) is 5.10 Å². The van der Waals surface area contributed by atoms with E-state index in [1.165, 1.54) is 0 Å². The van der Waals surface area contributed by atoms with Gasteiger partial charge in [0.05, 0.1) is 17.5 Å². The maximum atomic E-state index is 12.2. The fourth-order valence-corrected chi connectivity index (χ4v) is 3.76. The summed E-state index contributed by atoms with van der Waals surface area (Å²) in [4.78, 5) is 27.5. The number of carbonyl (C=O) groups is 2. The Hall–Kier alpha value is -3.19. The molecule has 28 heavy (non-hydrogen) atoms. The highest BCUT2D eigenvalue weighted by molar-refractivity contribution is 6.34. The van der Waals surface area contributed by atoms with E-state index < -0.39 is 5.92 Å². The largest absolute Gasteiger partial charge is 0.367 e. The number of carbonyl (C=O) groups excluding carboxylic acids is 2. The number of hydrogen-bond donors (Lipinski definition) is 2. The molecule has 1 aliphatic rings. The molecule has 1 fully saturated rings. The predicted molar refractivity (Wildman–Crippen MR) is 106 cm³/mol. The summed E-state index contributed by atoms with van der Waals surface area (Å²) in [7, 11) is 0. The van der Waals surface area contributed by atoms with Crippen molar-refractivity contribution in [2.75, 3.05) is 5.73 Å². The van der Waals surface area contributed by atoms with Crippen LogP contribution >= 0.6 is 11.6 Å². The Morgan fingerprint density at radius 3 is 2.64 bits per heavy atom. The van der Waals surface area contributed by atoms with Crippen LogP contribution in [-0.4, -0.2) is 26.6 Å². The van der Waals surface area contributed by atoms with E-state index in [1.54, 1.807) is 11.0 Å². The summed E-state index contributed by atoms with van der Waals surface area (Å²) in [6.45, 7) is 0.564. The highest BCUT2D eigenvalue weighted by Gasteiger charge is 2.30. The monoisotopic (exact) mass is 395 g/mol. The second-order valence-corrected chi connectivity index (χ2v) is 7.09. The third-order valence-corrected chi connectivity index (χ3v) is 5.23. The smallest absolute Gasteiger partial charge is 0.239 e. The SMILES string of the molecule is Nc1ncn(Cc2ccc(-c3cccc([C@@H]4CCC(=O)NC4=O)c3Cl)cc2)n1. The molecule has 1 aromatic heterocycles. The van der Waals surface area contributed by atoms with Gasteiger partial charge in [-0.05, 0) is 23.1 Å². The van der Waals surface area contributed by atoms with Gasteiger partial charge < -0.3 is 5.73 Å². The molecular formula is C20H18ClN5O2. The zero-order valence-electron chi connectivity index (χ0n) is 14.9. The molecule has 0 aliphatic carbocycles. The van der Waals surface area contributed by atoms with E-state index in [9.17, 15) is 9.59 Å². The molecule has 1 saturated heterocycles. The van der Waals surface area contributed by atoms with Gasteiger partial charge in [-0.25, -0.2) is 9.67 Å². The second-order valence-electron chi connectivity index (χ2n) is 6.71. The van der Waals surface area contributed by atoms with Crippen molar-refractivity contribution in [3.05, 3.63) is 64.9 Å². The van der Waals surface area contributed by atoms with Gasteiger partial charge in [-0.3, -0.25) is 14.9 Å². The minimum atomic E-state index is -0.415. The quantitative estimate of drug-likeness (QED) is 0.661. The molecule has 3 N–H and O–H groups in total. The molecule has 4 rings (SSSR count). The number of rotatable bonds is 4. The number of hydrogen-bond acceptors (Lipinski definition) is 5. The fraction of sp³-hybridized carbons (Fsp3) is 0.200. The van der Waals surface area contributed by atoms with E-state index in [0.29, 0.717) is 24.4 Å². The van der Waals surface area contributed by atoms with E-state index in [4.69, 9.17) is 17.3 Å². The first-order valence-electron chi connectivity index (χ1n) is 8.87. The number of nitrogens with one attached hydrogen (secondary N) is 1. The standard InChI is InChI=1S/C20H18ClN5O2/c21-18-14(2-1-3-15(18)16-8-9-17(27)24-19(16)28)13-6-4-12(5-7-13)10-26-11-23-20(22)25-26/h1-7,11,16H,8-10H2,(H2,22,25)(H,24,27,28)/t16-/m0/s1. The van der Waals surface area contributed by atoms with Gasteiger partial charge in [0.1, 0.15) is 6.33 Å². The van der Waals surface area contributed by atoms with E-state index in [2.05, 4.69) is 15.4 Å². The Morgan fingerprint density at radius 1 is 1.18 bits per heavy atom. The lowest BCUT2D eigenvalue weighted by molar-refractivity contribution is -0.134. The predicted octanol–water partition coefficient (Wildman–Crippen LogP) is 2.75. The summed E-state index contributed by atoms with van der Waals surface area (Å²) >= 11 is 6.65. The summed E-state index contributed by atoms with van der Waals surface area (Å²) < 4.78 is 1.67. The van der Waals surface area contributed by atoms with Crippen molar-refractivity contribution in [1.29, 1.82) is 0 Å². The minimum Gasteiger partial charge on any atom is -0.367 e. The number of piperidine rings is 1.